The molecule has 2 N–H and O–H groups in total. The monoisotopic (exact) mass is 333 g/mol. The Morgan fingerprint density at radius 3 is 2.38 bits per heavy atom. The summed E-state index contributed by atoms with van der Waals surface area (Å²) in [6.45, 7) is 11.4. The first-order valence-corrected chi connectivity index (χ1v) is 8.84. The van der Waals surface area contributed by atoms with E-state index in [9.17, 15) is 9.59 Å². The molecule has 24 heavy (non-hydrogen) atoms. The number of carbonyl (C=O) groups excluding carboxylic acids is 2. The third-order valence-electron chi connectivity index (χ3n) is 4.42. The third kappa shape index (κ3) is 5.64. The lowest BCUT2D eigenvalue weighted by atomic mass is 9.97. The van der Waals surface area contributed by atoms with E-state index in [1.54, 1.807) is 0 Å². The minimum absolute atomic E-state index is 0.0565. The highest BCUT2D eigenvalue weighted by atomic mass is 16.2. The van der Waals surface area contributed by atoms with Crippen LogP contribution in [0, 0.1) is 0 Å². The minimum Gasteiger partial charge on any atom is -0.355 e. The third-order valence-corrected chi connectivity index (χ3v) is 4.42. The highest BCUT2D eigenvalue weighted by Gasteiger charge is 2.23. The van der Waals surface area contributed by atoms with Gasteiger partial charge in [0.25, 0.3) is 0 Å². The Morgan fingerprint density at radius 1 is 1.12 bits per heavy atom. The summed E-state index contributed by atoms with van der Waals surface area (Å²) >= 11 is 0. The molecule has 0 saturated heterocycles. The van der Waals surface area contributed by atoms with Gasteiger partial charge in [-0.2, -0.15) is 0 Å². The van der Waals surface area contributed by atoms with E-state index < -0.39 is 0 Å². The smallest absolute Gasteiger partial charge is 0.241 e. The summed E-state index contributed by atoms with van der Waals surface area (Å²) in [7, 11) is 0. The van der Waals surface area contributed by atoms with Gasteiger partial charge in [-0.05, 0) is 44.4 Å². The summed E-state index contributed by atoms with van der Waals surface area (Å²) in [4.78, 5) is 26.3. The van der Waals surface area contributed by atoms with Crippen molar-refractivity contribution in [2.75, 3.05) is 25.0 Å². The lowest BCUT2D eigenvalue weighted by Gasteiger charge is -2.27. The number of rotatable bonds is 9. The Balaban J connectivity index is 2.81. The zero-order valence-electron chi connectivity index (χ0n) is 15.6. The first kappa shape index (κ1) is 20.2. The van der Waals surface area contributed by atoms with E-state index in [1.165, 1.54) is 0 Å². The zero-order chi connectivity index (χ0) is 18.1. The van der Waals surface area contributed by atoms with Crippen LogP contribution in [0.1, 0.15) is 52.5 Å². The van der Waals surface area contributed by atoms with Crippen LogP contribution in [-0.4, -0.2) is 42.4 Å². The summed E-state index contributed by atoms with van der Waals surface area (Å²) < 4.78 is 0. The number of likely N-dealkylation sites (N-methyl/N-ethyl adjacent to an activating group) is 2. The Bertz CT molecular complexity index is 545. The van der Waals surface area contributed by atoms with Crippen molar-refractivity contribution in [3.05, 3.63) is 29.8 Å². The van der Waals surface area contributed by atoms with Gasteiger partial charge in [0.2, 0.25) is 11.8 Å². The lowest BCUT2D eigenvalue weighted by molar-refractivity contribution is -0.125. The van der Waals surface area contributed by atoms with Crippen LogP contribution in [0.25, 0.3) is 0 Å². The summed E-state index contributed by atoms with van der Waals surface area (Å²) in [5, 5.41) is 5.81. The number of hydrogen-bond acceptors (Lipinski definition) is 3. The van der Waals surface area contributed by atoms with Gasteiger partial charge in [-0.15, -0.1) is 0 Å². The van der Waals surface area contributed by atoms with Crippen LogP contribution in [0.3, 0.4) is 0 Å². The maximum atomic E-state index is 12.6. The van der Waals surface area contributed by atoms with Crippen molar-refractivity contribution in [1.29, 1.82) is 0 Å². The first-order chi connectivity index (χ1) is 11.4. The molecule has 0 aliphatic carbocycles. The fraction of sp³-hybridized carbons (Fsp3) is 0.579. The maximum Gasteiger partial charge on any atom is 0.241 e. The second-order valence-corrected chi connectivity index (χ2v) is 6.08. The molecule has 5 nitrogen and oxygen atoms in total. The first-order valence-electron chi connectivity index (χ1n) is 8.84. The summed E-state index contributed by atoms with van der Waals surface area (Å²) in [6.07, 6.45) is 1.01. The molecule has 1 rings (SSSR count). The van der Waals surface area contributed by atoms with E-state index in [0.717, 1.165) is 17.7 Å². The van der Waals surface area contributed by atoms with Crippen molar-refractivity contribution in [3.63, 3.8) is 0 Å². The Labute approximate surface area is 145 Å². The number of anilines is 1. The number of carbonyl (C=O) groups is 2. The summed E-state index contributed by atoms with van der Waals surface area (Å²) in [5.74, 6) is 0.241. The minimum atomic E-state index is -0.373. The van der Waals surface area contributed by atoms with Crippen LogP contribution in [0.2, 0.25) is 0 Å². The molecule has 0 heterocycles. The van der Waals surface area contributed by atoms with E-state index >= 15 is 0 Å². The molecule has 0 aliphatic rings. The molecule has 1 aromatic carbocycles. The molecule has 0 aromatic heterocycles. The molecule has 1 aromatic rings. The average molecular weight is 333 g/mol. The van der Waals surface area contributed by atoms with Crippen molar-refractivity contribution in [2.24, 2.45) is 0 Å². The van der Waals surface area contributed by atoms with E-state index in [4.69, 9.17) is 0 Å². The second kappa shape index (κ2) is 10.1. The van der Waals surface area contributed by atoms with Gasteiger partial charge in [0.1, 0.15) is 0 Å². The molecule has 2 atom stereocenters. The predicted octanol–water partition coefficient (Wildman–Crippen LogP) is 2.99. The normalized spacial score (nSPS) is 13.4. The van der Waals surface area contributed by atoms with Crippen LogP contribution < -0.4 is 10.6 Å². The molecule has 0 aliphatic heterocycles. The van der Waals surface area contributed by atoms with Gasteiger partial charge in [-0.3, -0.25) is 14.5 Å². The molecule has 134 valence electrons. The molecule has 0 fully saturated rings. The van der Waals surface area contributed by atoms with Crippen molar-refractivity contribution >= 4 is 17.5 Å². The fourth-order valence-corrected chi connectivity index (χ4v) is 2.62. The Kier molecular flexibility index (Phi) is 8.47. The number of para-hydroxylation sites is 1. The van der Waals surface area contributed by atoms with Crippen molar-refractivity contribution in [2.45, 2.75) is 53.0 Å². The highest BCUT2D eigenvalue weighted by Crippen LogP contribution is 2.26. The zero-order valence-corrected chi connectivity index (χ0v) is 15.6. The SMILES string of the molecule is CCNC(=O)CN(CC)[C@@H](C)C(=O)Nc1ccccc1[C@H](C)CC. The van der Waals surface area contributed by atoms with Crippen LogP contribution >= 0.6 is 0 Å². The molecule has 0 bridgehead atoms. The van der Waals surface area contributed by atoms with Gasteiger partial charge in [-0.25, -0.2) is 0 Å². The number of amides is 2. The Hall–Kier alpha value is -1.88. The topological polar surface area (TPSA) is 61.4 Å². The standard InChI is InChI=1S/C19H31N3O2/c1-6-14(4)16-11-9-10-12-17(16)21-19(24)15(5)22(8-3)13-18(23)20-7-2/h9-12,14-15H,6-8,13H2,1-5H3,(H,20,23)(H,21,24)/t14-,15+/m1/s1. The van der Waals surface area contributed by atoms with E-state index in [-0.39, 0.29) is 24.4 Å². The van der Waals surface area contributed by atoms with Crippen LogP contribution in [0.15, 0.2) is 24.3 Å². The quantitative estimate of drug-likeness (QED) is 0.730. The van der Waals surface area contributed by atoms with Crippen molar-refractivity contribution in [3.8, 4) is 0 Å². The maximum absolute atomic E-state index is 12.6. The van der Waals surface area contributed by atoms with Gasteiger partial charge in [0, 0.05) is 12.2 Å². The van der Waals surface area contributed by atoms with E-state index in [2.05, 4.69) is 30.5 Å². The van der Waals surface area contributed by atoms with Crippen LogP contribution in [0.5, 0.6) is 0 Å². The molecular formula is C19H31N3O2. The lowest BCUT2D eigenvalue weighted by Crippen LogP contribution is -2.46. The van der Waals surface area contributed by atoms with Crippen LogP contribution in [0.4, 0.5) is 5.69 Å². The molecule has 2 amide bonds. The van der Waals surface area contributed by atoms with Gasteiger partial charge >= 0.3 is 0 Å². The van der Waals surface area contributed by atoms with Crippen LogP contribution in [-0.2, 0) is 9.59 Å². The van der Waals surface area contributed by atoms with Crippen molar-refractivity contribution < 1.29 is 9.59 Å². The van der Waals surface area contributed by atoms with Crippen molar-refractivity contribution in [1.82, 2.24) is 10.2 Å². The van der Waals surface area contributed by atoms with E-state index in [1.807, 2.05) is 43.9 Å². The van der Waals surface area contributed by atoms with Gasteiger partial charge in [0.15, 0.2) is 0 Å². The number of nitrogens with one attached hydrogen (secondary N) is 2. The summed E-state index contributed by atoms with van der Waals surface area (Å²) in [5.41, 5.74) is 2.00. The van der Waals surface area contributed by atoms with Gasteiger partial charge in [-0.1, -0.05) is 39.0 Å². The van der Waals surface area contributed by atoms with Gasteiger partial charge < -0.3 is 10.6 Å². The van der Waals surface area contributed by atoms with E-state index in [0.29, 0.717) is 19.0 Å². The molecule has 5 heteroatoms. The Morgan fingerprint density at radius 2 is 1.79 bits per heavy atom. The summed E-state index contributed by atoms with van der Waals surface area (Å²) in [6, 6.07) is 7.54. The molecule has 0 saturated carbocycles. The highest BCUT2D eigenvalue weighted by molar-refractivity contribution is 5.95. The molecule has 0 unspecified atom stereocenters. The van der Waals surface area contributed by atoms with Gasteiger partial charge in [0.05, 0.1) is 12.6 Å². The predicted molar refractivity (Wildman–Crippen MR) is 99.2 cm³/mol. The number of hydrogen-bond donors (Lipinski definition) is 2. The molecule has 0 radical (unpaired) electrons. The molecular weight excluding hydrogens is 302 g/mol. The largest absolute Gasteiger partial charge is 0.355 e. The second-order valence-electron chi connectivity index (χ2n) is 6.08. The fourth-order valence-electron chi connectivity index (χ4n) is 2.62. The molecule has 0 spiro atoms. The number of benzene rings is 1. The number of nitrogens with zero attached hydrogens (tertiary/aromatic N) is 1. The average Bonchev–Trinajstić information content (AvgIpc) is 2.59.